The van der Waals surface area contributed by atoms with Crippen molar-refractivity contribution in [1.82, 2.24) is 14.6 Å². The van der Waals surface area contributed by atoms with Crippen LogP contribution in [0.3, 0.4) is 0 Å². The fraction of sp³-hybridized carbons (Fsp3) is 0.280. The normalized spacial score (nSPS) is 12.1. The summed E-state index contributed by atoms with van der Waals surface area (Å²) in [5.74, 6) is 0.514. The predicted molar refractivity (Wildman–Crippen MR) is 130 cm³/mol. The van der Waals surface area contributed by atoms with Crippen LogP contribution in [0.5, 0.6) is 5.75 Å². The molecule has 2 aromatic heterocycles. The van der Waals surface area contributed by atoms with Gasteiger partial charge >= 0.3 is 0 Å². The Bertz CT molecular complexity index is 1310. The molecule has 0 aliphatic rings. The average molecular weight is 463 g/mol. The van der Waals surface area contributed by atoms with E-state index in [0.717, 1.165) is 10.6 Å². The quantitative estimate of drug-likeness (QED) is 0.399. The molecule has 2 heterocycles. The van der Waals surface area contributed by atoms with Crippen LogP contribution in [0.15, 0.2) is 65.5 Å². The van der Waals surface area contributed by atoms with Gasteiger partial charge < -0.3 is 10.1 Å². The van der Waals surface area contributed by atoms with Crippen molar-refractivity contribution in [2.45, 2.75) is 45.6 Å². The van der Waals surface area contributed by atoms with Gasteiger partial charge in [0.15, 0.2) is 0 Å². The predicted octanol–water partition coefficient (Wildman–Crippen LogP) is 4.99. The maximum atomic E-state index is 12.8. The molecule has 4 rings (SSSR count). The molecule has 0 aliphatic carbocycles. The minimum atomic E-state index is -0.228. The fourth-order valence-corrected chi connectivity index (χ4v) is 4.41. The van der Waals surface area contributed by atoms with Gasteiger partial charge in [0.2, 0.25) is 10.9 Å². The van der Waals surface area contributed by atoms with Crippen LogP contribution in [0.2, 0.25) is 0 Å². The zero-order chi connectivity index (χ0) is 23.4. The molecule has 0 saturated heterocycles. The Balaban J connectivity index is 1.45. The first-order valence-electron chi connectivity index (χ1n) is 10.9. The molecule has 4 aromatic rings. The van der Waals surface area contributed by atoms with E-state index in [0.29, 0.717) is 28.5 Å². The van der Waals surface area contributed by atoms with Crippen molar-refractivity contribution >= 4 is 27.9 Å². The molecule has 0 fully saturated rings. The first-order valence-corrected chi connectivity index (χ1v) is 11.7. The smallest absolute Gasteiger partial charge is 0.275 e. The van der Waals surface area contributed by atoms with Gasteiger partial charge in [0.05, 0.1) is 11.6 Å². The Morgan fingerprint density at radius 1 is 1.12 bits per heavy atom. The number of carbonyl (C=O) groups is 1. The average Bonchev–Trinajstić information content (AvgIpc) is 3.25. The highest BCUT2D eigenvalue weighted by molar-refractivity contribution is 7.16. The monoisotopic (exact) mass is 462 g/mol. The molecule has 2 aromatic carbocycles. The van der Waals surface area contributed by atoms with Crippen molar-refractivity contribution in [3.05, 3.63) is 87.3 Å². The van der Waals surface area contributed by atoms with Crippen LogP contribution in [-0.4, -0.2) is 20.5 Å². The highest BCUT2D eigenvalue weighted by atomic mass is 32.1. The van der Waals surface area contributed by atoms with Crippen LogP contribution in [0.25, 0.3) is 4.96 Å². The largest absolute Gasteiger partial charge is 0.487 e. The number of rotatable bonds is 8. The van der Waals surface area contributed by atoms with Gasteiger partial charge in [-0.2, -0.15) is 9.61 Å². The molecule has 8 heteroatoms. The van der Waals surface area contributed by atoms with Gasteiger partial charge in [-0.25, -0.2) is 4.98 Å². The molecule has 0 unspecified atom stereocenters. The number of benzene rings is 2. The molecule has 0 saturated carbocycles. The SMILES string of the molecule is CC[C@H](C(=O)Nc1cccc(OCc2cc(=O)n3nc(C(C)C)sc3n2)c1)c1ccccc1. The highest BCUT2D eigenvalue weighted by Crippen LogP contribution is 2.24. The summed E-state index contributed by atoms with van der Waals surface area (Å²) in [6, 6.07) is 18.4. The first kappa shape index (κ1) is 22.7. The van der Waals surface area contributed by atoms with E-state index in [1.165, 1.54) is 21.9 Å². The lowest BCUT2D eigenvalue weighted by molar-refractivity contribution is -0.117. The Hall–Kier alpha value is -3.52. The summed E-state index contributed by atoms with van der Waals surface area (Å²) in [6.07, 6.45) is 0.700. The van der Waals surface area contributed by atoms with Crippen molar-refractivity contribution in [2.75, 3.05) is 5.32 Å². The number of nitrogens with zero attached hydrogens (tertiary/aromatic N) is 3. The minimum absolute atomic E-state index is 0.0628. The van der Waals surface area contributed by atoms with E-state index in [1.807, 2.05) is 63.2 Å². The highest BCUT2D eigenvalue weighted by Gasteiger charge is 2.18. The lowest BCUT2D eigenvalue weighted by atomic mass is 9.95. The number of ether oxygens (including phenoxy) is 1. The summed E-state index contributed by atoms with van der Waals surface area (Å²) in [7, 11) is 0. The number of hydrogen-bond donors (Lipinski definition) is 1. The maximum absolute atomic E-state index is 12.8. The molecular formula is C25H26N4O3S. The van der Waals surface area contributed by atoms with Crippen LogP contribution < -0.4 is 15.6 Å². The van der Waals surface area contributed by atoms with Gasteiger partial charge in [-0.05, 0) is 24.1 Å². The standard InChI is InChI=1S/C25H26N4O3S/c1-4-21(17-9-6-5-7-10-17)23(31)26-18-11-8-12-20(13-18)32-15-19-14-22(30)29-25(27-19)33-24(28-29)16(2)3/h5-14,16,21H,4,15H2,1-3H3,(H,26,31)/t21-/m0/s1. The zero-order valence-corrected chi connectivity index (χ0v) is 19.6. The van der Waals surface area contributed by atoms with Gasteiger partial charge in [0.1, 0.15) is 17.4 Å². The number of nitrogens with one attached hydrogen (secondary N) is 1. The Labute approximate surface area is 196 Å². The van der Waals surface area contributed by atoms with E-state index >= 15 is 0 Å². The third-order valence-electron chi connectivity index (χ3n) is 5.22. The molecule has 33 heavy (non-hydrogen) atoms. The van der Waals surface area contributed by atoms with Crippen molar-refractivity contribution < 1.29 is 9.53 Å². The number of aromatic nitrogens is 3. The number of carbonyl (C=O) groups excluding carboxylic acids is 1. The summed E-state index contributed by atoms with van der Waals surface area (Å²) in [5.41, 5.74) is 1.94. The van der Waals surface area contributed by atoms with E-state index in [1.54, 1.807) is 12.1 Å². The number of fused-ring (bicyclic) bond motifs is 1. The lowest BCUT2D eigenvalue weighted by Crippen LogP contribution is -2.20. The van der Waals surface area contributed by atoms with Crippen molar-refractivity contribution in [3.63, 3.8) is 0 Å². The molecule has 7 nitrogen and oxygen atoms in total. The second kappa shape index (κ2) is 9.95. The summed E-state index contributed by atoms with van der Waals surface area (Å²) in [5, 5.41) is 8.18. The van der Waals surface area contributed by atoms with E-state index in [2.05, 4.69) is 15.4 Å². The van der Waals surface area contributed by atoms with Crippen LogP contribution in [0.4, 0.5) is 5.69 Å². The maximum Gasteiger partial charge on any atom is 0.275 e. The second-order valence-corrected chi connectivity index (χ2v) is 9.04. The first-order chi connectivity index (χ1) is 15.9. The summed E-state index contributed by atoms with van der Waals surface area (Å²) in [6.45, 7) is 6.19. The van der Waals surface area contributed by atoms with Gasteiger partial charge in [-0.15, -0.1) is 0 Å². The van der Waals surface area contributed by atoms with E-state index in [4.69, 9.17) is 4.74 Å². The Morgan fingerprint density at radius 2 is 1.91 bits per heavy atom. The third kappa shape index (κ3) is 5.28. The second-order valence-electron chi connectivity index (χ2n) is 8.05. The van der Waals surface area contributed by atoms with Crippen LogP contribution in [0, 0.1) is 0 Å². The van der Waals surface area contributed by atoms with Gasteiger partial charge in [0.25, 0.3) is 5.56 Å². The molecule has 0 spiro atoms. The van der Waals surface area contributed by atoms with Crippen LogP contribution in [0.1, 0.15) is 55.3 Å². The van der Waals surface area contributed by atoms with Crippen molar-refractivity contribution in [2.24, 2.45) is 0 Å². The molecule has 0 bridgehead atoms. The molecule has 1 amide bonds. The Kier molecular flexibility index (Phi) is 6.84. The molecule has 0 aliphatic heterocycles. The summed E-state index contributed by atoms with van der Waals surface area (Å²) >= 11 is 1.41. The van der Waals surface area contributed by atoms with E-state index in [9.17, 15) is 9.59 Å². The van der Waals surface area contributed by atoms with Gasteiger partial charge in [-0.3, -0.25) is 9.59 Å². The summed E-state index contributed by atoms with van der Waals surface area (Å²) in [4.78, 5) is 30.3. The van der Waals surface area contributed by atoms with E-state index < -0.39 is 0 Å². The van der Waals surface area contributed by atoms with Gasteiger partial charge in [0, 0.05) is 23.7 Å². The molecule has 1 atom stereocenters. The Morgan fingerprint density at radius 3 is 2.64 bits per heavy atom. The summed E-state index contributed by atoms with van der Waals surface area (Å²) < 4.78 is 7.20. The number of hydrogen-bond acceptors (Lipinski definition) is 6. The zero-order valence-electron chi connectivity index (χ0n) is 18.8. The van der Waals surface area contributed by atoms with Crippen molar-refractivity contribution in [3.8, 4) is 5.75 Å². The number of anilines is 1. The fourth-order valence-electron chi connectivity index (χ4n) is 3.49. The van der Waals surface area contributed by atoms with Crippen LogP contribution in [-0.2, 0) is 11.4 Å². The molecular weight excluding hydrogens is 436 g/mol. The van der Waals surface area contributed by atoms with E-state index in [-0.39, 0.29) is 29.9 Å². The van der Waals surface area contributed by atoms with Crippen LogP contribution >= 0.6 is 11.3 Å². The molecule has 170 valence electrons. The number of amides is 1. The van der Waals surface area contributed by atoms with Crippen molar-refractivity contribution in [1.29, 1.82) is 0 Å². The minimum Gasteiger partial charge on any atom is -0.487 e. The molecule has 0 radical (unpaired) electrons. The lowest BCUT2D eigenvalue weighted by Gasteiger charge is -2.16. The van der Waals surface area contributed by atoms with Gasteiger partial charge in [-0.1, -0.05) is 68.5 Å². The molecule has 1 N–H and O–H groups in total. The topological polar surface area (TPSA) is 85.6 Å². The third-order valence-corrected chi connectivity index (χ3v) is 6.43.